The predicted molar refractivity (Wildman–Crippen MR) is 123 cm³/mol. The summed E-state index contributed by atoms with van der Waals surface area (Å²) in [5, 5.41) is 7.20. The minimum Gasteiger partial charge on any atom is -0.494 e. The lowest BCUT2D eigenvalue weighted by molar-refractivity contribution is -0.118. The van der Waals surface area contributed by atoms with Gasteiger partial charge in [-0.25, -0.2) is 0 Å². The van der Waals surface area contributed by atoms with E-state index in [0.717, 1.165) is 53.4 Å². The molecule has 0 fully saturated rings. The third kappa shape index (κ3) is 4.38. The number of carbonyl (C=O) groups excluding carboxylic acids is 1. The molecule has 0 aromatic heterocycles. The number of fused-ring (bicyclic) bond motifs is 1. The molecule has 158 valence electrons. The van der Waals surface area contributed by atoms with Gasteiger partial charge in [-0.05, 0) is 48.1 Å². The molecule has 1 aliphatic carbocycles. The van der Waals surface area contributed by atoms with Crippen molar-refractivity contribution in [3.63, 3.8) is 0 Å². The fourth-order valence-corrected chi connectivity index (χ4v) is 4.44. The molecule has 0 saturated carbocycles. The Morgan fingerprint density at radius 3 is 2.47 bits per heavy atom. The predicted octanol–water partition coefficient (Wildman–Crippen LogP) is 6.48. The summed E-state index contributed by atoms with van der Waals surface area (Å²) in [7, 11) is 0. The van der Waals surface area contributed by atoms with Crippen LogP contribution in [0.1, 0.15) is 64.5 Å². The van der Waals surface area contributed by atoms with E-state index in [9.17, 15) is 4.79 Å². The first kappa shape index (κ1) is 20.5. The maximum Gasteiger partial charge on any atom is 0.163 e. The summed E-state index contributed by atoms with van der Waals surface area (Å²) in [5.41, 5.74) is 4.98. The summed E-state index contributed by atoms with van der Waals surface area (Å²) in [5.74, 6) is 1.10. The smallest absolute Gasteiger partial charge is 0.163 e. The number of ketones is 1. The van der Waals surface area contributed by atoms with Gasteiger partial charge < -0.3 is 15.4 Å². The minimum absolute atomic E-state index is 0.0388. The Morgan fingerprint density at radius 2 is 1.73 bits per heavy atom. The van der Waals surface area contributed by atoms with Gasteiger partial charge >= 0.3 is 0 Å². The Balaban J connectivity index is 1.66. The lowest BCUT2D eigenvalue weighted by atomic mass is 9.73. The van der Waals surface area contributed by atoms with Gasteiger partial charge in [0.05, 0.1) is 24.0 Å². The number of unbranched alkanes of at least 4 members (excludes halogenated alkanes) is 2. The molecule has 4 heteroatoms. The van der Waals surface area contributed by atoms with Gasteiger partial charge in [0.25, 0.3) is 0 Å². The zero-order chi connectivity index (χ0) is 21.1. The number of hydrogen-bond acceptors (Lipinski definition) is 4. The van der Waals surface area contributed by atoms with Crippen LogP contribution in [0.5, 0.6) is 5.75 Å². The van der Waals surface area contributed by atoms with E-state index in [0.29, 0.717) is 6.42 Å². The Hall–Kier alpha value is -2.75. The van der Waals surface area contributed by atoms with E-state index in [4.69, 9.17) is 4.74 Å². The van der Waals surface area contributed by atoms with E-state index in [-0.39, 0.29) is 17.2 Å². The zero-order valence-electron chi connectivity index (χ0n) is 18.3. The molecule has 4 rings (SSSR count). The van der Waals surface area contributed by atoms with Gasteiger partial charge in [0.2, 0.25) is 0 Å². The molecule has 4 nitrogen and oxygen atoms in total. The van der Waals surface area contributed by atoms with E-state index in [2.05, 4.69) is 55.7 Å². The van der Waals surface area contributed by atoms with Crippen molar-refractivity contribution in [2.24, 2.45) is 5.41 Å². The highest BCUT2D eigenvalue weighted by Gasteiger charge is 2.38. The van der Waals surface area contributed by atoms with Crippen molar-refractivity contribution in [2.75, 3.05) is 17.2 Å². The third-order valence-electron chi connectivity index (χ3n) is 5.95. The molecule has 2 aromatic carbocycles. The van der Waals surface area contributed by atoms with Crippen molar-refractivity contribution in [1.29, 1.82) is 0 Å². The molecular weight excluding hydrogens is 372 g/mol. The van der Waals surface area contributed by atoms with E-state index >= 15 is 0 Å². The van der Waals surface area contributed by atoms with Crippen molar-refractivity contribution < 1.29 is 9.53 Å². The Morgan fingerprint density at radius 1 is 1.00 bits per heavy atom. The van der Waals surface area contributed by atoms with Crippen molar-refractivity contribution in [2.45, 2.75) is 58.9 Å². The summed E-state index contributed by atoms with van der Waals surface area (Å²) >= 11 is 0. The number of allylic oxidation sites excluding steroid dienone is 1. The second-order valence-electron chi connectivity index (χ2n) is 9.21. The zero-order valence-corrected chi connectivity index (χ0v) is 18.3. The molecule has 1 aliphatic heterocycles. The van der Waals surface area contributed by atoms with Crippen LogP contribution in [0.3, 0.4) is 0 Å². The fraction of sp³-hybridized carbons (Fsp3) is 0.423. The number of Topliss-reactive ketones (excluding diaryl/α,β-unsaturated/α-hetero) is 1. The third-order valence-corrected chi connectivity index (χ3v) is 5.95. The van der Waals surface area contributed by atoms with Crippen molar-refractivity contribution in [3.8, 4) is 5.75 Å². The molecule has 0 amide bonds. The van der Waals surface area contributed by atoms with Crippen LogP contribution >= 0.6 is 0 Å². The normalized spacial score (nSPS) is 19.8. The largest absolute Gasteiger partial charge is 0.494 e. The van der Waals surface area contributed by atoms with Gasteiger partial charge in [-0.3, -0.25) is 4.79 Å². The van der Waals surface area contributed by atoms with Crippen LogP contribution in [0.4, 0.5) is 11.4 Å². The first-order valence-corrected chi connectivity index (χ1v) is 11.1. The fourth-order valence-electron chi connectivity index (χ4n) is 4.44. The average Bonchev–Trinajstić information content (AvgIpc) is 2.87. The van der Waals surface area contributed by atoms with Crippen LogP contribution in [0.25, 0.3) is 0 Å². The monoisotopic (exact) mass is 404 g/mol. The van der Waals surface area contributed by atoms with Crippen LogP contribution < -0.4 is 15.4 Å². The highest BCUT2D eigenvalue weighted by molar-refractivity contribution is 6.01. The maximum absolute atomic E-state index is 13.2. The Kier molecular flexibility index (Phi) is 5.85. The maximum atomic E-state index is 13.2. The molecule has 2 aromatic rings. The highest BCUT2D eigenvalue weighted by atomic mass is 16.5. The molecular formula is C26H32N2O2. The van der Waals surface area contributed by atoms with Crippen LogP contribution in [0.2, 0.25) is 0 Å². The number of rotatable bonds is 6. The van der Waals surface area contributed by atoms with Crippen molar-refractivity contribution in [1.82, 2.24) is 0 Å². The summed E-state index contributed by atoms with van der Waals surface area (Å²) in [6.45, 7) is 7.27. The topological polar surface area (TPSA) is 50.4 Å². The van der Waals surface area contributed by atoms with Gasteiger partial charge in [-0.2, -0.15) is 0 Å². The average molecular weight is 405 g/mol. The summed E-state index contributed by atoms with van der Waals surface area (Å²) in [6, 6.07) is 16.2. The lowest BCUT2D eigenvalue weighted by Gasteiger charge is -2.34. The summed E-state index contributed by atoms with van der Waals surface area (Å²) in [4.78, 5) is 13.2. The second kappa shape index (κ2) is 8.55. The Labute approximate surface area is 179 Å². The summed E-state index contributed by atoms with van der Waals surface area (Å²) < 4.78 is 5.87. The van der Waals surface area contributed by atoms with Gasteiger partial charge in [0.1, 0.15) is 5.75 Å². The van der Waals surface area contributed by atoms with Crippen molar-refractivity contribution in [3.05, 3.63) is 65.4 Å². The SMILES string of the molecule is CCCCCOc1ccc(C2Nc3ccccc3NC3=C2C(=O)CC(C)(C)C3)cc1. The number of benzene rings is 2. The van der Waals surface area contributed by atoms with E-state index < -0.39 is 0 Å². The number of carbonyl (C=O) groups is 1. The van der Waals surface area contributed by atoms with Crippen LogP contribution in [0, 0.1) is 5.41 Å². The number of nitrogens with one attached hydrogen (secondary N) is 2. The minimum atomic E-state index is -0.172. The molecule has 1 atom stereocenters. The summed E-state index contributed by atoms with van der Waals surface area (Å²) in [6.07, 6.45) is 4.88. The standard InChI is InChI=1S/C26H32N2O2/c1-4-5-8-15-30-19-13-11-18(12-14-19)25-24-22(16-26(2,3)17-23(24)29)27-20-9-6-7-10-21(20)28-25/h6-7,9-14,25,27-28H,4-5,8,15-17H2,1-3H3. The first-order chi connectivity index (χ1) is 14.5. The lowest BCUT2D eigenvalue weighted by Crippen LogP contribution is -2.31. The van der Waals surface area contributed by atoms with Crippen LogP contribution in [-0.4, -0.2) is 12.4 Å². The van der Waals surface area contributed by atoms with Crippen LogP contribution in [0.15, 0.2) is 59.8 Å². The van der Waals surface area contributed by atoms with Gasteiger partial charge in [0.15, 0.2) is 5.78 Å². The number of anilines is 2. The van der Waals surface area contributed by atoms with E-state index in [1.54, 1.807) is 0 Å². The second-order valence-corrected chi connectivity index (χ2v) is 9.21. The van der Waals surface area contributed by atoms with Crippen LogP contribution in [-0.2, 0) is 4.79 Å². The molecule has 0 radical (unpaired) electrons. The van der Waals surface area contributed by atoms with Gasteiger partial charge in [0, 0.05) is 17.7 Å². The molecule has 1 unspecified atom stereocenters. The van der Waals surface area contributed by atoms with Crippen molar-refractivity contribution >= 4 is 17.2 Å². The number of hydrogen-bond donors (Lipinski definition) is 2. The Bertz CT molecular complexity index is 944. The molecule has 2 aliphatic rings. The quantitative estimate of drug-likeness (QED) is 0.541. The van der Waals surface area contributed by atoms with E-state index in [1.165, 1.54) is 12.8 Å². The van der Waals surface area contributed by atoms with E-state index in [1.807, 2.05) is 24.3 Å². The number of para-hydroxylation sites is 2. The molecule has 0 saturated heterocycles. The molecule has 0 bridgehead atoms. The molecule has 1 heterocycles. The molecule has 30 heavy (non-hydrogen) atoms. The van der Waals surface area contributed by atoms with Gasteiger partial charge in [-0.1, -0.05) is 57.9 Å². The number of ether oxygens (including phenoxy) is 1. The molecule has 2 N–H and O–H groups in total. The highest BCUT2D eigenvalue weighted by Crippen LogP contribution is 2.45. The first-order valence-electron chi connectivity index (χ1n) is 11.1. The molecule has 0 spiro atoms. The van der Waals surface area contributed by atoms with Gasteiger partial charge in [-0.15, -0.1) is 0 Å².